The first kappa shape index (κ1) is 17.6. The van der Waals surface area contributed by atoms with Crippen molar-refractivity contribution in [2.45, 2.75) is 0 Å². The molecule has 0 radical (unpaired) electrons. The summed E-state index contributed by atoms with van der Waals surface area (Å²) in [6, 6.07) is 14.6. The van der Waals surface area contributed by atoms with Gasteiger partial charge in [-0.15, -0.1) is 10.2 Å². The number of hydrogen-bond donors (Lipinski definition) is 1. The van der Waals surface area contributed by atoms with Crippen LogP contribution in [0.25, 0.3) is 16.9 Å². The van der Waals surface area contributed by atoms with E-state index in [1.54, 1.807) is 34.8 Å². The first-order valence-electron chi connectivity index (χ1n) is 8.04. The van der Waals surface area contributed by atoms with Crippen LogP contribution in [0.15, 0.2) is 60.9 Å². The molecule has 1 N–H and O–H groups in total. The molecule has 0 saturated heterocycles. The average molecular weight is 395 g/mol. The second-order valence-electron chi connectivity index (χ2n) is 5.81. The van der Waals surface area contributed by atoms with Gasteiger partial charge in [0, 0.05) is 22.9 Å². The molecule has 0 spiro atoms. The Labute approximate surface area is 162 Å². The minimum atomic E-state index is -0.631. The largest absolute Gasteiger partial charge is 0.322 e. The Morgan fingerprint density at radius 2 is 1.89 bits per heavy atom. The number of carbonyl (C=O) groups excluding carboxylic acids is 1. The van der Waals surface area contributed by atoms with E-state index in [9.17, 15) is 14.9 Å². The number of anilines is 1. The summed E-state index contributed by atoms with van der Waals surface area (Å²) in [5, 5.41) is 25.7. The molecular formula is C18H11ClN6O3. The second-order valence-corrected chi connectivity index (χ2v) is 6.21. The first-order chi connectivity index (χ1) is 13.5. The van der Waals surface area contributed by atoms with Crippen LogP contribution in [0, 0.1) is 10.1 Å². The Kier molecular flexibility index (Phi) is 4.42. The molecule has 0 fully saturated rings. The molecule has 28 heavy (non-hydrogen) atoms. The molecule has 0 saturated carbocycles. The zero-order chi connectivity index (χ0) is 19.7. The fourth-order valence-electron chi connectivity index (χ4n) is 2.60. The highest BCUT2D eigenvalue weighted by Crippen LogP contribution is 2.26. The van der Waals surface area contributed by atoms with E-state index >= 15 is 0 Å². The number of aromatic nitrogens is 4. The van der Waals surface area contributed by atoms with Crippen molar-refractivity contribution in [2.75, 3.05) is 5.32 Å². The van der Waals surface area contributed by atoms with Crippen molar-refractivity contribution in [1.29, 1.82) is 0 Å². The van der Waals surface area contributed by atoms with Crippen LogP contribution in [-0.2, 0) is 0 Å². The highest BCUT2D eigenvalue weighted by atomic mass is 35.5. The van der Waals surface area contributed by atoms with Gasteiger partial charge in [0.25, 0.3) is 11.6 Å². The van der Waals surface area contributed by atoms with Crippen LogP contribution >= 0.6 is 11.6 Å². The third-order valence-corrected chi connectivity index (χ3v) is 4.32. The quantitative estimate of drug-likeness (QED) is 0.417. The van der Waals surface area contributed by atoms with Gasteiger partial charge in [0.15, 0.2) is 5.65 Å². The Hall–Kier alpha value is -3.85. The maximum absolute atomic E-state index is 12.4. The van der Waals surface area contributed by atoms with Crippen LogP contribution in [0.3, 0.4) is 0 Å². The lowest BCUT2D eigenvalue weighted by atomic mass is 10.1. The van der Waals surface area contributed by atoms with Gasteiger partial charge < -0.3 is 5.32 Å². The lowest BCUT2D eigenvalue weighted by Crippen LogP contribution is -2.12. The van der Waals surface area contributed by atoms with Crippen LogP contribution < -0.4 is 5.32 Å². The fourth-order valence-corrected chi connectivity index (χ4v) is 2.79. The zero-order valence-corrected chi connectivity index (χ0v) is 14.9. The monoisotopic (exact) mass is 394 g/mol. The summed E-state index contributed by atoms with van der Waals surface area (Å²) in [5.74, 6) is -0.475. The number of carbonyl (C=O) groups is 1. The van der Waals surface area contributed by atoms with Crippen molar-refractivity contribution in [1.82, 2.24) is 19.8 Å². The maximum Gasteiger partial charge on any atom is 0.288 e. The SMILES string of the molecule is O=C(Nc1ccc(-c2ccc3nncn3n2)cc1)c1ccc(Cl)c([N+](=O)[O-])c1. The molecule has 0 bridgehead atoms. The molecule has 4 rings (SSSR count). The molecule has 9 nitrogen and oxygen atoms in total. The van der Waals surface area contributed by atoms with Gasteiger partial charge in [-0.3, -0.25) is 14.9 Å². The summed E-state index contributed by atoms with van der Waals surface area (Å²) in [7, 11) is 0. The standard InChI is InChI=1S/C18H11ClN6O3/c19-14-6-3-12(9-16(14)25(27)28)18(26)21-13-4-1-11(2-5-13)15-7-8-17-22-20-10-24(17)23-15/h1-10H,(H,21,26). The lowest BCUT2D eigenvalue weighted by molar-refractivity contribution is -0.384. The van der Waals surface area contributed by atoms with Crippen LogP contribution in [-0.4, -0.2) is 30.6 Å². The number of hydrogen-bond acceptors (Lipinski definition) is 6. The van der Waals surface area contributed by atoms with Crippen molar-refractivity contribution in [3.05, 3.63) is 81.6 Å². The smallest absolute Gasteiger partial charge is 0.288 e. The summed E-state index contributed by atoms with van der Waals surface area (Å²) >= 11 is 5.77. The van der Waals surface area contributed by atoms with Crippen LogP contribution in [0.1, 0.15) is 10.4 Å². The summed E-state index contributed by atoms with van der Waals surface area (Å²) in [6.45, 7) is 0. The van der Waals surface area contributed by atoms with E-state index < -0.39 is 10.8 Å². The maximum atomic E-state index is 12.4. The zero-order valence-electron chi connectivity index (χ0n) is 14.1. The molecule has 2 aromatic heterocycles. The molecule has 1 amide bonds. The Morgan fingerprint density at radius 3 is 2.64 bits per heavy atom. The third kappa shape index (κ3) is 3.38. The second kappa shape index (κ2) is 7.05. The van der Waals surface area contributed by atoms with Crippen LogP contribution in [0.4, 0.5) is 11.4 Å². The van der Waals surface area contributed by atoms with Gasteiger partial charge in [-0.05, 0) is 36.4 Å². The van der Waals surface area contributed by atoms with E-state index in [1.165, 1.54) is 18.5 Å². The summed E-state index contributed by atoms with van der Waals surface area (Å²) in [4.78, 5) is 22.7. The fraction of sp³-hybridized carbons (Fsp3) is 0. The molecule has 0 aliphatic carbocycles. The predicted octanol–water partition coefficient (Wildman–Crippen LogP) is 3.61. The highest BCUT2D eigenvalue weighted by Gasteiger charge is 2.16. The summed E-state index contributed by atoms with van der Waals surface area (Å²) < 4.78 is 1.57. The molecule has 0 unspecified atom stereocenters. The van der Waals surface area contributed by atoms with E-state index in [0.29, 0.717) is 11.3 Å². The Morgan fingerprint density at radius 1 is 1.11 bits per heavy atom. The van der Waals surface area contributed by atoms with Crippen molar-refractivity contribution < 1.29 is 9.72 Å². The van der Waals surface area contributed by atoms with Crippen LogP contribution in [0.2, 0.25) is 5.02 Å². The van der Waals surface area contributed by atoms with Gasteiger partial charge >= 0.3 is 0 Å². The number of amides is 1. The molecular weight excluding hydrogens is 384 g/mol. The molecule has 10 heteroatoms. The number of fused-ring (bicyclic) bond motifs is 1. The minimum absolute atomic E-state index is 0.0246. The minimum Gasteiger partial charge on any atom is -0.322 e. The van der Waals surface area contributed by atoms with Gasteiger partial charge in [-0.25, -0.2) is 0 Å². The number of rotatable bonds is 4. The van der Waals surface area contributed by atoms with Crippen molar-refractivity contribution in [2.24, 2.45) is 0 Å². The molecule has 0 atom stereocenters. The van der Waals surface area contributed by atoms with Gasteiger partial charge in [-0.1, -0.05) is 23.7 Å². The number of nitro groups is 1. The van der Waals surface area contributed by atoms with E-state index in [4.69, 9.17) is 11.6 Å². The van der Waals surface area contributed by atoms with Gasteiger partial charge in [-0.2, -0.15) is 9.61 Å². The third-order valence-electron chi connectivity index (χ3n) is 4.01. The topological polar surface area (TPSA) is 115 Å². The molecule has 2 heterocycles. The van der Waals surface area contributed by atoms with Gasteiger partial charge in [0.2, 0.25) is 0 Å². The summed E-state index contributed by atoms with van der Waals surface area (Å²) in [5.41, 5.74) is 2.57. The van der Waals surface area contributed by atoms with Gasteiger partial charge in [0.05, 0.1) is 10.6 Å². The Bertz CT molecular complexity index is 1210. The van der Waals surface area contributed by atoms with E-state index in [1.807, 2.05) is 6.07 Å². The summed E-state index contributed by atoms with van der Waals surface area (Å²) in [6.07, 6.45) is 1.51. The molecule has 0 aliphatic rings. The Balaban J connectivity index is 1.53. The van der Waals surface area contributed by atoms with E-state index in [-0.39, 0.29) is 16.3 Å². The highest BCUT2D eigenvalue weighted by molar-refractivity contribution is 6.32. The molecule has 4 aromatic rings. The van der Waals surface area contributed by atoms with Crippen molar-refractivity contribution in [3.63, 3.8) is 0 Å². The van der Waals surface area contributed by atoms with Crippen molar-refractivity contribution >= 4 is 34.5 Å². The van der Waals surface area contributed by atoms with E-state index in [2.05, 4.69) is 20.6 Å². The number of nitro benzene ring substituents is 1. The van der Waals surface area contributed by atoms with Gasteiger partial charge in [0.1, 0.15) is 11.3 Å². The molecule has 0 aliphatic heterocycles. The number of halogens is 1. The normalized spacial score (nSPS) is 10.8. The average Bonchev–Trinajstić information content (AvgIpc) is 3.16. The number of nitrogens with one attached hydrogen (secondary N) is 1. The number of nitrogens with zero attached hydrogens (tertiary/aromatic N) is 5. The van der Waals surface area contributed by atoms with Crippen LogP contribution in [0.5, 0.6) is 0 Å². The molecule has 2 aromatic carbocycles. The number of benzene rings is 2. The predicted molar refractivity (Wildman–Crippen MR) is 102 cm³/mol. The van der Waals surface area contributed by atoms with E-state index in [0.717, 1.165) is 17.3 Å². The van der Waals surface area contributed by atoms with Crippen molar-refractivity contribution in [3.8, 4) is 11.3 Å². The lowest BCUT2D eigenvalue weighted by Gasteiger charge is -2.07. The first-order valence-corrected chi connectivity index (χ1v) is 8.42. The molecule has 138 valence electrons.